The second kappa shape index (κ2) is 5.54. The summed E-state index contributed by atoms with van der Waals surface area (Å²) in [6.45, 7) is 6.25. The summed E-state index contributed by atoms with van der Waals surface area (Å²) in [5.41, 5.74) is 2.72. The van der Waals surface area contributed by atoms with Gasteiger partial charge >= 0.3 is 5.97 Å². The summed E-state index contributed by atoms with van der Waals surface area (Å²) in [5.74, 6) is -0.293. The second-order valence-electron chi connectivity index (χ2n) is 3.97. The Morgan fingerprint density at radius 2 is 2.19 bits per heavy atom. The third-order valence-electron chi connectivity index (χ3n) is 2.66. The van der Waals surface area contributed by atoms with Gasteiger partial charge in [-0.25, -0.2) is 4.79 Å². The van der Waals surface area contributed by atoms with Gasteiger partial charge in [0.25, 0.3) is 0 Å². The summed E-state index contributed by atoms with van der Waals surface area (Å²) < 4.78 is 4.67. The van der Waals surface area contributed by atoms with Crippen LogP contribution < -0.4 is 5.32 Å². The van der Waals surface area contributed by atoms with Gasteiger partial charge in [-0.05, 0) is 44.0 Å². The number of ether oxygens (including phenoxy) is 1. The zero-order valence-electron chi connectivity index (χ0n) is 10.3. The highest BCUT2D eigenvalue weighted by molar-refractivity contribution is 5.90. The lowest BCUT2D eigenvalue weighted by Crippen LogP contribution is -2.14. The van der Waals surface area contributed by atoms with Crippen LogP contribution in [0.1, 0.15) is 36.2 Å². The molecule has 88 valence electrons. The molecular weight excluding hydrogens is 202 g/mol. The molecule has 3 nitrogen and oxygen atoms in total. The summed E-state index contributed by atoms with van der Waals surface area (Å²) >= 11 is 0. The summed E-state index contributed by atoms with van der Waals surface area (Å²) in [6.07, 6.45) is 1.07. The number of methoxy groups -OCH3 is 1. The Labute approximate surface area is 96.8 Å². The van der Waals surface area contributed by atoms with Crippen LogP contribution >= 0.6 is 0 Å². The van der Waals surface area contributed by atoms with E-state index in [4.69, 9.17) is 0 Å². The van der Waals surface area contributed by atoms with Crippen molar-refractivity contribution in [2.75, 3.05) is 12.4 Å². The van der Waals surface area contributed by atoms with Crippen molar-refractivity contribution in [1.29, 1.82) is 0 Å². The Balaban J connectivity index is 2.87. The number of rotatable bonds is 4. The van der Waals surface area contributed by atoms with Gasteiger partial charge in [0, 0.05) is 11.7 Å². The molecule has 0 bridgehead atoms. The van der Waals surface area contributed by atoms with Crippen molar-refractivity contribution in [1.82, 2.24) is 0 Å². The van der Waals surface area contributed by atoms with Gasteiger partial charge < -0.3 is 10.1 Å². The number of anilines is 1. The molecule has 1 atom stereocenters. The normalized spacial score (nSPS) is 12.0. The highest BCUT2D eigenvalue weighted by Gasteiger charge is 2.08. The molecule has 0 saturated heterocycles. The minimum Gasteiger partial charge on any atom is -0.465 e. The van der Waals surface area contributed by atoms with Gasteiger partial charge in [-0.2, -0.15) is 0 Å². The molecule has 0 saturated carbocycles. The Morgan fingerprint density at radius 1 is 1.50 bits per heavy atom. The summed E-state index contributed by atoms with van der Waals surface area (Å²) in [4.78, 5) is 11.3. The van der Waals surface area contributed by atoms with Crippen LogP contribution in [0.25, 0.3) is 0 Å². The molecule has 0 aliphatic heterocycles. The minimum atomic E-state index is -0.293. The SMILES string of the molecule is CCC(C)Nc1ccc(C(=O)OC)cc1C. The number of hydrogen-bond donors (Lipinski definition) is 1. The van der Waals surface area contributed by atoms with Gasteiger partial charge in [0.2, 0.25) is 0 Å². The fourth-order valence-electron chi connectivity index (χ4n) is 1.44. The minimum absolute atomic E-state index is 0.293. The maximum absolute atomic E-state index is 11.3. The van der Waals surface area contributed by atoms with E-state index >= 15 is 0 Å². The van der Waals surface area contributed by atoms with E-state index < -0.39 is 0 Å². The van der Waals surface area contributed by atoms with E-state index in [1.54, 1.807) is 6.07 Å². The number of benzene rings is 1. The molecule has 1 unspecified atom stereocenters. The number of aryl methyl sites for hydroxylation is 1. The van der Waals surface area contributed by atoms with Crippen LogP contribution in [0.4, 0.5) is 5.69 Å². The van der Waals surface area contributed by atoms with Crippen LogP contribution in [-0.2, 0) is 4.74 Å². The predicted molar refractivity (Wildman–Crippen MR) is 65.9 cm³/mol. The van der Waals surface area contributed by atoms with E-state index in [-0.39, 0.29) is 5.97 Å². The van der Waals surface area contributed by atoms with Crippen molar-refractivity contribution in [3.05, 3.63) is 29.3 Å². The van der Waals surface area contributed by atoms with E-state index in [1.807, 2.05) is 19.1 Å². The molecule has 1 aromatic rings. The zero-order chi connectivity index (χ0) is 12.1. The molecule has 0 radical (unpaired) electrons. The van der Waals surface area contributed by atoms with Gasteiger partial charge in [0.15, 0.2) is 0 Å². The number of nitrogens with one attached hydrogen (secondary N) is 1. The molecule has 16 heavy (non-hydrogen) atoms. The Bertz CT molecular complexity index is 374. The van der Waals surface area contributed by atoms with Crippen molar-refractivity contribution >= 4 is 11.7 Å². The first-order chi connectivity index (χ1) is 7.58. The van der Waals surface area contributed by atoms with Crippen LogP contribution in [0, 0.1) is 6.92 Å². The highest BCUT2D eigenvalue weighted by Crippen LogP contribution is 2.18. The second-order valence-corrected chi connectivity index (χ2v) is 3.97. The van der Waals surface area contributed by atoms with E-state index in [2.05, 4.69) is 23.9 Å². The van der Waals surface area contributed by atoms with Crippen LogP contribution in [0.3, 0.4) is 0 Å². The van der Waals surface area contributed by atoms with Gasteiger partial charge in [-0.1, -0.05) is 6.92 Å². The lowest BCUT2D eigenvalue weighted by Gasteiger charge is -2.15. The van der Waals surface area contributed by atoms with Crippen molar-refractivity contribution in [3.63, 3.8) is 0 Å². The van der Waals surface area contributed by atoms with Crippen LogP contribution in [0.2, 0.25) is 0 Å². The summed E-state index contributed by atoms with van der Waals surface area (Å²) in [5, 5.41) is 3.39. The Morgan fingerprint density at radius 3 is 2.69 bits per heavy atom. The van der Waals surface area contributed by atoms with Gasteiger partial charge in [0.1, 0.15) is 0 Å². The molecule has 0 fully saturated rings. The molecule has 1 aromatic carbocycles. The maximum Gasteiger partial charge on any atom is 0.337 e. The van der Waals surface area contributed by atoms with E-state index in [0.29, 0.717) is 11.6 Å². The van der Waals surface area contributed by atoms with Crippen LogP contribution in [0.5, 0.6) is 0 Å². The first-order valence-corrected chi connectivity index (χ1v) is 5.54. The number of carbonyl (C=O) groups excluding carboxylic acids is 1. The Hall–Kier alpha value is -1.51. The average molecular weight is 221 g/mol. The van der Waals surface area contributed by atoms with Gasteiger partial charge in [-0.15, -0.1) is 0 Å². The smallest absolute Gasteiger partial charge is 0.337 e. The predicted octanol–water partition coefficient (Wildman–Crippen LogP) is 2.99. The number of esters is 1. The third-order valence-corrected chi connectivity index (χ3v) is 2.66. The maximum atomic E-state index is 11.3. The largest absolute Gasteiger partial charge is 0.465 e. The standard InChI is InChI=1S/C13H19NO2/c1-5-10(3)14-12-7-6-11(8-9(12)2)13(15)16-4/h6-8,10,14H,5H2,1-4H3. The molecule has 0 spiro atoms. The Kier molecular flexibility index (Phi) is 4.35. The molecule has 0 amide bonds. The third kappa shape index (κ3) is 2.99. The van der Waals surface area contributed by atoms with Crippen molar-refractivity contribution in [2.24, 2.45) is 0 Å². The molecule has 1 N–H and O–H groups in total. The molecule has 1 rings (SSSR count). The van der Waals surface area contributed by atoms with Gasteiger partial charge in [-0.3, -0.25) is 0 Å². The monoisotopic (exact) mass is 221 g/mol. The number of carbonyl (C=O) groups is 1. The van der Waals surface area contributed by atoms with Crippen LogP contribution in [-0.4, -0.2) is 19.1 Å². The zero-order valence-corrected chi connectivity index (χ0v) is 10.3. The fraction of sp³-hybridized carbons (Fsp3) is 0.462. The van der Waals surface area contributed by atoms with Crippen molar-refractivity contribution in [2.45, 2.75) is 33.2 Å². The molecule has 0 aliphatic rings. The fourth-order valence-corrected chi connectivity index (χ4v) is 1.44. The topological polar surface area (TPSA) is 38.3 Å². The molecule has 0 aromatic heterocycles. The molecule has 0 heterocycles. The van der Waals surface area contributed by atoms with Crippen molar-refractivity contribution in [3.8, 4) is 0 Å². The quantitative estimate of drug-likeness (QED) is 0.794. The lowest BCUT2D eigenvalue weighted by molar-refractivity contribution is 0.0600. The first-order valence-electron chi connectivity index (χ1n) is 5.54. The van der Waals surface area contributed by atoms with E-state index in [1.165, 1.54) is 7.11 Å². The first kappa shape index (κ1) is 12.6. The summed E-state index contributed by atoms with van der Waals surface area (Å²) in [6, 6.07) is 5.98. The number of hydrogen-bond acceptors (Lipinski definition) is 3. The average Bonchev–Trinajstić information content (AvgIpc) is 2.30. The lowest BCUT2D eigenvalue weighted by atomic mass is 10.1. The van der Waals surface area contributed by atoms with E-state index in [9.17, 15) is 4.79 Å². The van der Waals surface area contributed by atoms with Crippen molar-refractivity contribution < 1.29 is 9.53 Å². The van der Waals surface area contributed by atoms with Gasteiger partial charge in [0.05, 0.1) is 12.7 Å². The van der Waals surface area contributed by atoms with E-state index in [0.717, 1.165) is 17.7 Å². The highest BCUT2D eigenvalue weighted by atomic mass is 16.5. The molecular formula is C13H19NO2. The summed E-state index contributed by atoms with van der Waals surface area (Å²) in [7, 11) is 1.39. The molecule has 0 aliphatic carbocycles. The molecule has 3 heteroatoms. The van der Waals surface area contributed by atoms with Crippen LogP contribution in [0.15, 0.2) is 18.2 Å².